The van der Waals surface area contributed by atoms with Gasteiger partial charge >= 0.3 is 0 Å². The summed E-state index contributed by atoms with van der Waals surface area (Å²) < 4.78 is 0. The third kappa shape index (κ3) is 3.42. The normalized spacial score (nSPS) is 15.0. The van der Waals surface area contributed by atoms with Crippen molar-refractivity contribution in [2.75, 3.05) is 12.0 Å². The van der Waals surface area contributed by atoms with Gasteiger partial charge in [-0.25, -0.2) is 15.0 Å². The van der Waals surface area contributed by atoms with Crippen LogP contribution in [0.4, 0.5) is 5.82 Å². The van der Waals surface area contributed by atoms with Crippen molar-refractivity contribution in [1.29, 1.82) is 0 Å². The molecule has 0 radical (unpaired) electrons. The summed E-state index contributed by atoms with van der Waals surface area (Å²) in [4.78, 5) is 16.9. The molecule has 25 heavy (non-hydrogen) atoms. The molecular formula is C17H20N6S2. The first-order chi connectivity index (χ1) is 12.0. The molecule has 0 atom stereocenters. The van der Waals surface area contributed by atoms with Gasteiger partial charge in [0.05, 0.1) is 17.3 Å². The number of nitrogens with zero attached hydrogens (tertiary/aromatic N) is 4. The highest BCUT2D eigenvalue weighted by Crippen LogP contribution is 2.35. The maximum atomic E-state index is 4.64. The van der Waals surface area contributed by atoms with Crippen LogP contribution >= 0.6 is 22.7 Å². The third-order valence-electron chi connectivity index (χ3n) is 4.03. The lowest BCUT2D eigenvalue weighted by Gasteiger charge is -2.14. The van der Waals surface area contributed by atoms with Crippen molar-refractivity contribution in [3.63, 3.8) is 0 Å². The topological polar surface area (TPSA) is 75.1 Å². The third-order valence-corrected chi connectivity index (χ3v) is 6.53. The Hall–Kier alpha value is -1.90. The van der Waals surface area contributed by atoms with Gasteiger partial charge in [0.1, 0.15) is 16.2 Å². The molecule has 0 unspecified atom stereocenters. The largest absolute Gasteiger partial charge is 0.311 e. The molecular weight excluding hydrogens is 352 g/mol. The molecule has 3 aromatic rings. The van der Waals surface area contributed by atoms with E-state index < -0.39 is 0 Å². The molecule has 4 heterocycles. The maximum Gasteiger partial charge on any atom is 0.158 e. The van der Waals surface area contributed by atoms with Crippen LogP contribution in [0, 0.1) is 0 Å². The molecule has 0 saturated carbocycles. The van der Waals surface area contributed by atoms with Crippen molar-refractivity contribution in [3.8, 4) is 0 Å². The molecule has 2 N–H and O–H groups in total. The molecule has 0 amide bonds. The van der Waals surface area contributed by atoms with E-state index in [2.05, 4.69) is 57.6 Å². The molecule has 130 valence electrons. The number of thiophene rings is 1. The van der Waals surface area contributed by atoms with E-state index in [1.807, 2.05) is 0 Å². The molecule has 1 aliphatic rings. The Balaban J connectivity index is 1.56. The fourth-order valence-electron chi connectivity index (χ4n) is 2.66. The fraction of sp³-hybridized carbons (Fsp3) is 0.412. The summed E-state index contributed by atoms with van der Waals surface area (Å²) in [7, 11) is 0. The molecule has 4 rings (SSSR count). The van der Waals surface area contributed by atoms with Gasteiger partial charge < -0.3 is 5.32 Å². The van der Waals surface area contributed by atoms with Gasteiger partial charge in [0.2, 0.25) is 0 Å². The van der Waals surface area contributed by atoms with Gasteiger partial charge in [-0.2, -0.15) is 5.10 Å². The van der Waals surface area contributed by atoms with Crippen LogP contribution in [0.15, 0.2) is 17.5 Å². The lowest BCUT2D eigenvalue weighted by atomic mass is 9.94. The van der Waals surface area contributed by atoms with Crippen molar-refractivity contribution in [3.05, 3.63) is 32.8 Å². The van der Waals surface area contributed by atoms with E-state index in [0.29, 0.717) is 0 Å². The summed E-state index contributed by atoms with van der Waals surface area (Å²) in [5, 5.41) is 9.64. The minimum atomic E-state index is 0.0971. The second-order valence-electron chi connectivity index (χ2n) is 7.02. The first-order valence-corrected chi connectivity index (χ1v) is 9.87. The number of hydrogen-bond donors (Lipinski definition) is 2. The standard InChI is InChI=1S/C17H20N6S2/c1-17(2,3)13-6-10-15(19-9-20-16(10)25-13)23-21-8-14-22-11-4-5-18-7-12(11)24-14/h6,8-9,18H,4-5,7H2,1-3H3,(H,19,20,23). The van der Waals surface area contributed by atoms with Crippen LogP contribution in [-0.4, -0.2) is 27.7 Å². The molecule has 3 aromatic heterocycles. The summed E-state index contributed by atoms with van der Waals surface area (Å²) in [6, 6.07) is 2.16. The van der Waals surface area contributed by atoms with Crippen LogP contribution in [0.3, 0.4) is 0 Å². The predicted molar refractivity (Wildman–Crippen MR) is 105 cm³/mol. The highest BCUT2D eigenvalue weighted by molar-refractivity contribution is 7.18. The SMILES string of the molecule is CC(C)(C)c1cc2c(NN=Cc3nc4c(s3)CNCC4)ncnc2s1. The van der Waals surface area contributed by atoms with Gasteiger partial charge in [-0.15, -0.1) is 22.7 Å². The number of aromatic nitrogens is 3. The van der Waals surface area contributed by atoms with Crippen LogP contribution in [-0.2, 0) is 18.4 Å². The zero-order valence-corrected chi connectivity index (χ0v) is 16.1. The molecule has 0 aliphatic carbocycles. The molecule has 0 fully saturated rings. The van der Waals surface area contributed by atoms with E-state index in [1.54, 1.807) is 35.2 Å². The quantitative estimate of drug-likeness (QED) is 0.543. The predicted octanol–water partition coefficient (Wildman–Crippen LogP) is 3.54. The van der Waals surface area contributed by atoms with Crippen LogP contribution in [0.25, 0.3) is 10.2 Å². The number of thiazole rings is 1. The minimum Gasteiger partial charge on any atom is -0.311 e. The summed E-state index contributed by atoms with van der Waals surface area (Å²) >= 11 is 3.39. The summed E-state index contributed by atoms with van der Waals surface area (Å²) in [5.41, 5.74) is 4.35. The van der Waals surface area contributed by atoms with Crippen molar-refractivity contribution in [1.82, 2.24) is 20.3 Å². The molecule has 8 heteroatoms. The lowest BCUT2D eigenvalue weighted by Crippen LogP contribution is -2.22. The molecule has 6 nitrogen and oxygen atoms in total. The maximum absolute atomic E-state index is 4.64. The van der Waals surface area contributed by atoms with Gasteiger partial charge in [0.15, 0.2) is 5.82 Å². The second-order valence-corrected chi connectivity index (χ2v) is 9.17. The van der Waals surface area contributed by atoms with E-state index in [1.165, 1.54) is 15.4 Å². The van der Waals surface area contributed by atoms with Crippen molar-refractivity contribution < 1.29 is 0 Å². The number of anilines is 1. The highest BCUT2D eigenvalue weighted by Gasteiger charge is 2.19. The summed E-state index contributed by atoms with van der Waals surface area (Å²) in [6.45, 7) is 8.52. The first-order valence-electron chi connectivity index (χ1n) is 8.24. The molecule has 0 spiro atoms. The Morgan fingerprint density at radius 1 is 1.28 bits per heavy atom. The average Bonchev–Trinajstić information content (AvgIpc) is 3.18. The molecule has 0 bridgehead atoms. The number of fused-ring (bicyclic) bond motifs is 2. The van der Waals surface area contributed by atoms with E-state index in [-0.39, 0.29) is 5.41 Å². The highest BCUT2D eigenvalue weighted by atomic mass is 32.1. The fourth-order valence-corrected chi connectivity index (χ4v) is 4.67. The smallest absolute Gasteiger partial charge is 0.158 e. The Kier molecular flexibility index (Phi) is 4.26. The minimum absolute atomic E-state index is 0.0971. The second kappa shape index (κ2) is 6.44. The number of hydrogen-bond acceptors (Lipinski definition) is 8. The van der Waals surface area contributed by atoms with Crippen molar-refractivity contribution >= 4 is 44.9 Å². The van der Waals surface area contributed by atoms with Gasteiger partial charge in [0.25, 0.3) is 0 Å². The lowest BCUT2D eigenvalue weighted by molar-refractivity contribution is 0.604. The van der Waals surface area contributed by atoms with Crippen LogP contribution in [0.2, 0.25) is 0 Å². The Morgan fingerprint density at radius 2 is 2.16 bits per heavy atom. The monoisotopic (exact) mass is 372 g/mol. The first kappa shape index (κ1) is 16.6. The summed E-state index contributed by atoms with van der Waals surface area (Å²) in [6.07, 6.45) is 4.34. The van der Waals surface area contributed by atoms with E-state index in [4.69, 9.17) is 0 Å². The average molecular weight is 373 g/mol. The number of hydrazone groups is 1. The van der Waals surface area contributed by atoms with Gasteiger partial charge in [-0.3, -0.25) is 5.43 Å². The Bertz CT molecular complexity index is 911. The van der Waals surface area contributed by atoms with Crippen molar-refractivity contribution in [2.24, 2.45) is 5.10 Å². The van der Waals surface area contributed by atoms with Crippen LogP contribution in [0.1, 0.15) is 41.2 Å². The summed E-state index contributed by atoms with van der Waals surface area (Å²) in [5.74, 6) is 0.732. The molecule has 0 aromatic carbocycles. The van der Waals surface area contributed by atoms with Gasteiger partial charge in [-0.1, -0.05) is 20.8 Å². The Morgan fingerprint density at radius 3 is 2.96 bits per heavy atom. The Labute approximate surface area is 154 Å². The van der Waals surface area contributed by atoms with Crippen LogP contribution < -0.4 is 10.7 Å². The van der Waals surface area contributed by atoms with Crippen LogP contribution in [0.5, 0.6) is 0 Å². The van der Waals surface area contributed by atoms with E-state index in [0.717, 1.165) is 40.6 Å². The zero-order chi connectivity index (χ0) is 17.4. The van der Waals surface area contributed by atoms with Crippen molar-refractivity contribution in [2.45, 2.75) is 39.2 Å². The van der Waals surface area contributed by atoms with Gasteiger partial charge in [-0.05, 0) is 11.5 Å². The number of nitrogens with one attached hydrogen (secondary N) is 2. The van der Waals surface area contributed by atoms with E-state index >= 15 is 0 Å². The number of rotatable bonds is 3. The van der Waals surface area contributed by atoms with Gasteiger partial charge in [0, 0.05) is 29.3 Å². The molecule has 1 aliphatic heterocycles. The molecule has 0 saturated heterocycles. The zero-order valence-electron chi connectivity index (χ0n) is 14.5. The van der Waals surface area contributed by atoms with E-state index in [9.17, 15) is 0 Å².